The number of halogens is 1. The number of hydrogen-bond donors (Lipinski definition) is 1. The molecule has 0 atom stereocenters. The van der Waals surface area contributed by atoms with E-state index in [1.54, 1.807) is 13.3 Å². The van der Waals surface area contributed by atoms with Crippen molar-refractivity contribution in [2.45, 2.75) is 12.8 Å². The number of Topliss-reactive ketones (excluding diaryl/α,β-unsaturated/α-hetero) is 1. The number of hydrogen-bond acceptors (Lipinski definition) is 7. The van der Waals surface area contributed by atoms with Gasteiger partial charge in [-0.2, -0.15) is 0 Å². The van der Waals surface area contributed by atoms with E-state index in [1.807, 2.05) is 47.0 Å². The van der Waals surface area contributed by atoms with Crippen molar-refractivity contribution in [2.75, 3.05) is 43.6 Å². The summed E-state index contributed by atoms with van der Waals surface area (Å²) >= 11 is 6.76. The topological polar surface area (TPSA) is 81.0 Å². The standard InChI is InChI=1S/C26H24ClN5O3/c1-34-22-15-19(4-5-21(22)31-8-10-35-11-9-31)29-25-26-28-6-7-32(26)24(27)23(30-25)17-3-2-16-13-20(33)14-18(16)12-17/h2-7,12,15H,8-11,13-14H2,1H3,(H,29,30). The average Bonchev–Trinajstić information content (AvgIpc) is 3.52. The summed E-state index contributed by atoms with van der Waals surface area (Å²) in [5.74, 6) is 1.58. The maximum absolute atomic E-state index is 11.9. The van der Waals surface area contributed by atoms with Gasteiger partial charge < -0.3 is 19.7 Å². The zero-order valence-corrected chi connectivity index (χ0v) is 20.0. The van der Waals surface area contributed by atoms with Crippen LogP contribution in [0.1, 0.15) is 11.1 Å². The van der Waals surface area contributed by atoms with Gasteiger partial charge in [0.05, 0.1) is 26.0 Å². The molecule has 2 aromatic heterocycles. The molecular formula is C26H24ClN5O3. The van der Waals surface area contributed by atoms with E-state index in [0.717, 1.165) is 46.9 Å². The number of ether oxygens (including phenoxy) is 2. The normalized spacial score (nSPS) is 15.5. The monoisotopic (exact) mass is 489 g/mol. The molecule has 1 N–H and O–H groups in total. The Morgan fingerprint density at radius 1 is 1.09 bits per heavy atom. The van der Waals surface area contributed by atoms with Crippen LogP contribution in [-0.2, 0) is 22.4 Å². The number of nitrogens with one attached hydrogen (secondary N) is 1. The van der Waals surface area contributed by atoms with Gasteiger partial charge in [-0.25, -0.2) is 9.97 Å². The predicted molar refractivity (Wildman–Crippen MR) is 135 cm³/mol. The highest BCUT2D eigenvalue weighted by Gasteiger charge is 2.22. The van der Waals surface area contributed by atoms with Crippen LogP contribution in [0.4, 0.5) is 17.2 Å². The summed E-state index contributed by atoms with van der Waals surface area (Å²) in [6.07, 6.45) is 4.45. The summed E-state index contributed by atoms with van der Waals surface area (Å²) in [7, 11) is 1.67. The molecule has 1 aliphatic heterocycles. The fourth-order valence-corrected chi connectivity index (χ4v) is 5.07. The Bertz CT molecular complexity index is 1440. The van der Waals surface area contributed by atoms with Gasteiger partial charge >= 0.3 is 0 Å². The highest BCUT2D eigenvalue weighted by molar-refractivity contribution is 6.32. The molecule has 2 aliphatic rings. The molecule has 0 bridgehead atoms. The average molecular weight is 490 g/mol. The number of methoxy groups -OCH3 is 1. The Morgan fingerprint density at radius 2 is 1.91 bits per heavy atom. The van der Waals surface area contributed by atoms with Gasteiger partial charge in [-0.1, -0.05) is 23.7 Å². The van der Waals surface area contributed by atoms with Crippen LogP contribution in [0.25, 0.3) is 16.9 Å². The minimum atomic E-state index is 0.234. The maximum Gasteiger partial charge on any atom is 0.181 e. The van der Waals surface area contributed by atoms with Crippen LogP contribution in [0.2, 0.25) is 5.15 Å². The third kappa shape index (κ3) is 3.98. The van der Waals surface area contributed by atoms with Gasteiger partial charge in [-0.3, -0.25) is 9.20 Å². The van der Waals surface area contributed by atoms with Crippen molar-refractivity contribution < 1.29 is 14.3 Å². The van der Waals surface area contributed by atoms with E-state index in [4.69, 9.17) is 26.1 Å². The lowest BCUT2D eigenvalue weighted by Gasteiger charge is -2.30. The molecule has 0 spiro atoms. The summed E-state index contributed by atoms with van der Waals surface area (Å²) in [5.41, 5.74) is 6.07. The minimum Gasteiger partial charge on any atom is -0.495 e. The molecule has 8 nitrogen and oxygen atoms in total. The Hall–Kier alpha value is -3.62. The second-order valence-corrected chi connectivity index (χ2v) is 9.07. The van der Waals surface area contributed by atoms with Crippen molar-refractivity contribution in [3.63, 3.8) is 0 Å². The number of fused-ring (bicyclic) bond motifs is 2. The number of carbonyl (C=O) groups is 1. The third-order valence-corrected chi connectivity index (χ3v) is 6.89. The highest BCUT2D eigenvalue weighted by Crippen LogP contribution is 2.36. The Labute approximate surface area is 207 Å². The van der Waals surface area contributed by atoms with E-state index in [-0.39, 0.29) is 5.78 Å². The summed E-state index contributed by atoms with van der Waals surface area (Å²) < 4.78 is 13.0. The molecule has 4 aromatic rings. The molecule has 178 valence electrons. The molecule has 0 radical (unpaired) electrons. The molecule has 9 heteroatoms. The fraction of sp³-hybridized carbons (Fsp3) is 0.269. The number of anilines is 3. The first-order valence-corrected chi connectivity index (χ1v) is 11.9. The van der Waals surface area contributed by atoms with Crippen molar-refractivity contribution in [1.29, 1.82) is 0 Å². The van der Waals surface area contributed by atoms with Crippen molar-refractivity contribution in [3.8, 4) is 17.0 Å². The molecule has 1 fully saturated rings. The molecular weight excluding hydrogens is 466 g/mol. The molecule has 2 aromatic carbocycles. The quantitative estimate of drug-likeness (QED) is 0.447. The lowest BCUT2D eigenvalue weighted by molar-refractivity contribution is -0.117. The van der Waals surface area contributed by atoms with Gasteiger partial charge in [0, 0.05) is 55.6 Å². The zero-order chi connectivity index (χ0) is 23.9. The molecule has 3 heterocycles. The summed E-state index contributed by atoms with van der Waals surface area (Å²) in [6, 6.07) is 12.0. The third-order valence-electron chi connectivity index (χ3n) is 6.53. The van der Waals surface area contributed by atoms with Crippen LogP contribution in [0.3, 0.4) is 0 Å². The lowest BCUT2D eigenvalue weighted by Crippen LogP contribution is -2.36. The molecule has 6 rings (SSSR count). The van der Waals surface area contributed by atoms with Crippen LogP contribution >= 0.6 is 11.6 Å². The van der Waals surface area contributed by atoms with Crippen molar-refractivity contribution >= 4 is 40.2 Å². The molecule has 35 heavy (non-hydrogen) atoms. The van der Waals surface area contributed by atoms with Gasteiger partial charge in [-0.05, 0) is 29.3 Å². The number of morpholine rings is 1. The number of rotatable bonds is 5. The molecule has 0 amide bonds. The molecule has 0 unspecified atom stereocenters. The van der Waals surface area contributed by atoms with Crippen molar-refractivity contribution in [1.82, 2.24) is 14.4 Å². The minimum absolute atomic E-state index is 0.234. The highest BCUT2D eigenvalue weighted by atomic mass is 35.5. The fourth-order valence-electron chi connectivity index (χ4n) is 4.78. The Morgan fingerprint density at radius 3 is 2.74 bits per heavy atom. The second kappa shape index (κ2) is 8.87. The first-order valence-electron chi connectivity index (χ1n) is 11.5. The van der Waals surface area contributed by atoms with E-state index >= 15 is 0 Å². The number of ketones is 1. The van der Waals surface area contributed by atoms with Gasteiger partial charge in [0.15, 0.2) is 11.5 Å². The van der Waals surface area contributed by atoms with Crippen LogP contribution in [0, 0.1) is 0 Å². The summed E-state index contributed by atoms with van der Waals surface area (Å²) in [4.78, 5) is 23.5. The first kappa shape index (κ1) is 21.9. The van der Waals surface area contributed by atoms with Crippen LogP contribution in [-0.4, -0.2) is 53.6 Å². The van der Waals surface area contributed by atoms with E-state index in [1.165, 1.54) is 0 Å². The van der Waals surface area contributed by atoms with E-state index in [2.05, 4.69) is 15.2 Å². The summed E-state index contributed by atoms with van der Waals surface area (Å²) in [5, 5.41) is 3.87. The van der Waals surface area contributed by atoms with Crippen molar-refractivity contribution in [3.05, 3.63) is 65.1 Å². The number of aromatic nitrogens is 3. The van der Waals surface area contributed by atoms with Gasteiger partial charge in [-0.15, -0.1) is 0 Å². The number of imidazole rings is 1. The molecule has 0 saturated carbocycles. The van der Waals surface area contributed by atoms with E-state index in [9.17, 15) is 4.79 Å². The predicted octanol–water partition coefficient (Wildman–Crippen LogP) is 4.31. The zero-order valence-electron chi connectivity index (χ0n) is 19.3. The Balaban J connectivity index is 1.38. The van der Waals surface area contributed by atoms with E-state index < -0.39 is 0 Å². The first-order chi connectivity index (χ1) is 17.1. The van der Waals surface area contributed by atoms with Gasteiger partial charge in [0.1, 0.15) is 22.4 Å². The number of carbonyl (C=O) groups excluding carboxylic acids is 1. The van der Waals surface area contributed by atoms with Gasteiger partial charge in [0.25, 0.3) is 0 Å². The number of nitrogens with zero attached hydrogens (tertiary/aromatic N) is 4. The lowest BCUT2D eigenvalue weighted by atomic mass is 10.0. The smallest absolute Gasteiger partial charge is 0.181 e. The largest absolute Gasteiger partial charge is 0.495 e. The van der Waals surface area contributed by atoms with Crippen LogP contribution < -0.4 is 15.0 Å². The SMILES string of the molecule is COc1cc(Nc2nc(-c3ccc4c(c3)CC(=O)C4)c(Cl)n3ccnc23)ccc1N1CCOCC1. The number of benzene rings is 2. The maximum atomic E-state index is 11.9. The van der Waals surface area contributed by atoms with Crippen molar-refractivity contribution in [2.24, 2.45) is 0 Å². The van der Waals surface area contributed by atoms with Gasteiger partial charge in [0.2, 0.25) is 0 Å². The second-order valence-electron chi connectivity index (χ2n) is 8.71. The van der Waals surface area contributed by atoms with Crippen LogP contribution in [0.15, 0.2) is 48.8 Å². The Kier molecular flexibility index (Phi) is 5.54. The summed E-state index contributed by atoms with van der Waals surface area (Å²) in [6.45, 7) is 3.06. The van der Waals surface area contributed by atoms with Crippen LogP contribution in [0.5, 0.6) is 5.75 Å². The molecule has 1 saturated heterocycles. The molecule has 1 aliphatic carbocycles. The van der Waals surface area contributed by atoms with E-state index in [0.29, 0.717) is 48.4 Å².